The van der Waals surface area contributed by atoms with Crippen LogP contribution in [0.1, 0.15) is 62.6 Å². The molecule has 1 aliphatic heterocycles. The second-order valence-electron chi connectivity index (χ2n) is 9.18. The molecule has 0 unspecified atom stereocenters. The summed E-state index contributed by atoms with van der Waals surface area (Å²) in [6.07, 6.45) is 1.67. The van der Waals surface area contributed by atoms with Crippen molar-refractivity contribution in [2.45, 2.75) is 34.3 Å². The summed E-state index contributed by atoms with van der Waals surface area (Å²) in [4.78, 5) is 53.3. The van der Waals surface area contributed by atoms with E-state index in [4.69, 9.17) is 5.11 Å². The number of aliphatic hydroxyl groups is 1. The first-order valence-electron chi connectivity index (χ1n) is 13.4. The second-order valence-corrected chi connectivity index (χ2v) is 9.18. The lowest BCUT2D eigenvalue weighted by Gasteiger charge is -2.09. The third-order valence-corrected chi connectivity index (χ3v) is 6.40. The second kappa shape index (κ2) is 14.2. The van der Waals surface area contributed by atoms with Gasteiger partial charge in [0, 0.05) is 35.7 Å². The van der Waals surface area contributed by atoms with E-state index in [0.29, 0.717) is 58.0 Å². The Morgan fingerprint density at radius 3 is 2.43 bits per heavy atom. The number of urea groups is 1. The minimum atomic E-state index is -0.953. The molecule has 4 rings (SSSR count). The van der Waals surface area contributed by atoms with Crippen LogP contribution in [0.25, 0.3) is 11.6 Å². The third kappa shape index (κ3) is 7.09. The Labute approximate surface area is 243 Å². The largest absolute Gasteiger partial charge is 0.392 e. The first-order valence-corrected chi connectivity index (χ1v) is 13.4. The molecule has 1 aliphatic rings. The molecule has 0 fully saturated rings. The van der Waals surface area contributed by atoms with E-state index in [1.807, 2.05) is 19.2 Å². The van der Waals surface area contributed by atoms with Crippen LogP contribution in [-0.2, 0) is 11.4 Å². The molecule has 7 N–H and O–H groups in total. The Hall–Kier alpha value is -4.81. The molecule has 1 aromatic heterocycles. The summed E-state index contributed by atoms with van der Waals surface area (Å²) < 4.78 is 14.1. The van der Waals surface area contributed by atoms with Gasteiger partial charge < -0.3 is 31.4 Å². The van der Waals surface area contributed by atoms with Gasteiger partial charge in [-0.05, 0) is 62.4 Å². The zero-order valence-corrected chi connectivity index (χ0v) is 24.1. The van der Waals surface area contributed by atoms with Crippen molar-refractivity contribution in [3.05, 3.63) is 81.4 Å². The maximum absolute atomic E-state index is 14.1. The highest BCUT2D eigenvalue weighted by Gasteiger charge is 2.26. The van der Waals surface area contributed by atoms with Gasteiger partial charge in [-0.1, -0.05) is 26.0 Å². The van der Waals surface area contributed by atoms with Gasteiger partial charge in [0.05, 0.1) is 29.0 Å². The molecule has 3 aromatic rings. The molecule has 2 aromatic carbocycles. The standard InChI is InChI=1S/C28H29FN6O5.C2H6/c1-14-22(32-15(2)24(14)27(39)31-9-8-30-3)12-20-18-7-5-17(11-23(18)34-26(20)38)33-28(40)35-25(37)19-6-4-16(13-36)10-21(19)29;1-2/h4-7,10-12,30,32,36H,8-9,13H2,1-3H3,(H,31,39)(H,34,38)(H2,33,35,37,40);1-2H3/b20-12-;. The van der Waals surface area contributed by atoms with Crippen molar-refractivity contribution in [2.24, 2.45) is 0 Å². The highest BCUT2D eigenvalue weighted by Crippen LogP contribution is 2.35. The van der Waals surface area contributed by atoms with Crippen molar-refractivity contribution in [1.29, 1.82) is 0 Å². The molecule has 0 saturated heterocycles. The van der Waals surface area contributed by atoms with Crippen molar-refractivity contribution in [1.82, 2.24) is 20.9 Å². The third-order valence-electron chi connectivity index (χ3n) is 6.40. The van der Waals surface area contributed by atoms with E-state index in [0.717, 1.165) is 6.07 Å². The Morgan fingerprint density at radius 1 is 1.02 bits per heavy atom. The van der Waals surface area contributed by atoms with E-state index in [1.54, 1.807) is 39.1 Å². The molecule has 2 heterocycles. The molecule has 5 amide bonds. The fraction of sp³-hybridized carbons (Fsp3) is 0.267. The molecule has 12 heteroatoms. The zero-order valence-electron chi connectivity index (χ0n) is 24.1. The number of aromatic nitrogens is 1. The molecular formula is C30H35FN6O5. The van der Waals surface area contributed by atoms with Crippen molar-refractivity contribution in [3.8, 4) is 0 Å². The molecule has 0 radical (unpaired) electrons. The monoisotopic (exact) mass is 578 g/mol. The number of hydrogen-bond acceptors (Lipinski definition) is 6. The molecule has 11 nitrogen and oxygen atoms in total. The minimum Gasteiger partial charge on any atom is -0.392 e. The number of hydrogen-bond donors (Lipinski definition) is 7. The summed E-state index contributed by atoms with van der Waals surface area (Å²) >= 11 is 0. The van der Waals surface area contributed by atoms with Gasteiger partial charge in [-0.3, -0.25) is 19.7 Å². The first kappa shape index (κ1) is 31.7. The number of aliphatic hydroxyl groups excluding tert-OH is 1. The van der Waals surface area contributed by atoms with Crippen LogP contribution >= 0.6 is 0 Å². The Balaban J connectivity index is 0.00000237. The summed E-state index contributed by atoms with van der Waals surface area (Å²) in [5.41, 5.74) is 4.14. The molecular weight excluding hydrogens is 543 g/mol. The molecule has 0 bridgehead atoms. The number of rotatable bonds is 8. The van der Waals surface area contributed by atoms with Gasteiger partial charge in [-0.25, -0.2) is 9.18 Å². The summed E-state index contributed by atoms with van der Waals surface area (Å²) in [7, 11) is 1.80. The lowest BCUT2D eigenvalue weighted by Crippen LogP contribution is -2.34. The summed E-state index contributed by atoms with van der Waals surface area (Å²) in [5.74, 6) is -2.39. The number of anilines is 2. The van der Waals surface area contributed by atoms with Crippen LogP contribution in [0.3, 0.4) is 0 Å². The van der Waals surface area contributed by atoms with E-state index in [2.05, 4.69) is 26.3 Å². The molecule has 0 aliphatic carbocycles. The number of aromatic amines is 1. The number of amides is 5. The zero-order chi connectivity index (χ0) is 31.0. The van der Waals surface area contributed by atoms with Crippen LogP contribution in [0.4, 0.5) is 20.6 Å². The lowest BCUT2D eigenvalue weighted by atomic mass is 10.0. The van der Waals surface area contributed by atoms with Crippen LogP contribution in [0, 0.1) is 19.7 Å². The number of H-pyrrole nitrogens is 1. The van der Waals surface area contributed by atoms with Crippen molar-refractivity contribution in [3.63, 3.8) is 0 Å². The van der Waals surface area contributed by atoms with E-state index < -0.39 is 17.8 Å². The summed E-state index contributed by atoms with van der Waals surface area (Å²) in [6.45, 7) is 8.32. The molecule has 0 saturated carbocycles. The topological polar surface area (TPSA) is 164 Å². The maximum atomic E-state index is 14.1. The number of aryl methyl sites for hydroxylation is 1. The van der Waals surface area contributed by atoms with Crippen LogP contribution in [0.2, 0.25) is 0 Å². The van der Waals surface area contributed by atoms with Gasteiger partial charge in [-0.15, -0.1) is 0 Å². The highest BCUT2D eigenvalue weighted by molar-refractivity contribution is 6.35. The number of likely N-dealkylation sites (N-methyl/N-ethyl adjacent to an activating group) is 1. The van der Waals surface area contributed by atoms with E-state index in [-0.39, 0.29) is 29.7 Å². The van der Waals surface area contributed by atoms with Gasteiger partial charge in [0.1, 0.15) is 5.82 Å². The van der Waals surface area contributed by atoms with E-state index in [1.165, 1.54) is 18.2 Å². The predicted molar refractivity (Wildman–Crippen MR) is 160 cm³/mol. The summed E-state index contributed by atoms with van der Waals surface area (Å²) in [6, 6.07) is 7.39. The van der Waals surface area contributed by atoms with E-state index in [9.17, 15) is 23.6 Å². The molecule has 42 heavy (non-hydrogen) atoms. The van der Waals surface area contributed by atoms with E-state index >= 15 is 0 Å². The van der Waals surface area contributed by atoms with Crippen molar-refractivity contribution < 1.29 is 28.7 Å². The number of halogens is 1. The SMILES string of the molecule is CC.CNCCNC(=O)c1c(C)[nH]c(/C=C2\C(=O)Nc3cc(NC(=O)NC(=O)c4ccc(CO)cc4F)ccc32)c1C. The number of fused-ring (bicyclic) bond motifs is 1. The van der Waals surface area contributed by atoms with Gasteiger partial charge in [0.25, 0.3) is 17.7 Å². The van der Waals surface area contributed by atoms with Crippen LogP contribution in [0.5, 0.6) is 0 Å². The number of imide groups is 1. The fourth-order valence-corrected chi connectivity index (χ4v) is 4.38. The number of benzene rings is 2. The normalized spacial score (nSPS) is 12.6. The average molecular weight is 579 g/mol. The fourth-order valence-electron chi connectivity index (χ4n) is 4.38. The van der Waals surface area contributed by atoms with Crippen LogP contribution in [-0.4, -0.2) is 54.0 Å². The van der Waals surface area contributed by atoms with Crippen molar-refractivity contribution >= 4 is 46.8 Å². The molecule has 0 spiro atoms. The summed E-state index contributed by atoms with van der Waals surface area (Å²) in [5, 5.41) is 22.2. The van der Waals surface area contributed by atoms with Gasteiger partial charge in [0.2, 0.25) is 0 Å². The van der Waals surface area contributed by atoms with Crippen LogP contribution < -0.4 is 26.6 Å². The Bertz CT molecular complexity index is 1550. The predicted octanol–water partition coefficient (Wildman–Crippen LogP) is 3.69. The maximum Gasteiger partial charge on any atom is 0.326 e. The van der Waals surface area contributed by atoms with Gasteiger partial charge in [0.15, 0.2) is 0 Å². The number of nitrogens with one attached hydrogen (secondary N) is 6. The van der Waals surface area contributed by atoms with Gasteiger partial charge in [-0.2, -0.15) is 0 Å². The molecule has 0 atom stereocenters. The quantitative estimate of drug-likeness (QED) is 0.159. The highest BCUT2D eigenvalue weighted by atomic mass is 19.1. The lowest BCUT2D eigenvalue weighted by molar-refractivity contribution is -0.110. The minimum absolute atomic E-state index is 0.209. The average Bonchev–Trinajstić information content (AvgIpc) is 3.42. The van der Waals surface area contributed by atoms with Crippen molar-refractivity contribution in [2.75, 3.05) is 30.8 Å². The van der Waals surface area contributed by atoms with Gasteiger partial charge >= 0.3 is 6.03 Å². The molecule has 222 valence electrons. The van der Waals surface area contributed by atoms with Crippen LogP contribution in [0.15, 0.2) is 36.4 Å². The Kier molecular flexibility index (Phi) is 10.7. The smallest absolute Gasteiger partial charge is 0.326 e. The Morgan fingerprint density at radius 2 is 1.76 bits per heavy atom. The number of carbonyl (C=O) groups is 4. The first-order chi connectivity index (χ1) is 20.1. The number of carbonyl (C=O) groups excluding carboxylic acids is 4.